The molecule has 0 heterocycles. The van der Waals surface area contributed by atoms with E-state index in [2.05, 4.69) is 5.32 Å². The molecule has 0 bridgehead atoms. The summed E-state index contributed by atoms with van der Waals surface area (Å²) in [6, 6.07) is 13.0. The van der Waals surface area contributed by atoms with Crippen LogP contribution in [0.5, 0.6) is 0 Å². The van der Waals surface area contributed by atoms with Crippen LogP contribution in [0.1, 0.15) is 6.92 Å². The molecule has 2 rings (SSSR count). The van der Waals surface area contributed by atoms with E-state index in [4.69, 9.17) is 11.6 Å². The second kappa shape index (κ2) is 7.29. The molecule has 114 valence electrons. The number of non-ortho nitro benzene ring substituents is 1. The Kier molecular flexibility index (Phi) is 5.41. The van der Waals surface area contributed by atoms with E-state index in [0.717, 1.165) is 4.90 Å². The van der Waals surface area contributed by atoms with Gasteiger partial charge in [-0.25, -0.2) is 0 Å². The minimum absolute atomic E-state index is 0.0302. The molecule has 2 aromatic carbocycles. The molecule has 0 fully saturated rings. The Bertz CT molecular complexity index is 674. The summed E-state index contributed by atoms with van der Waals surface area (Å²) in [5.74, 6) is -0.148. The standard InChI is InChI=1S/C15H13ClN2O3S/c1-10(15(19)17-12-4-2-11(16)3-5-12)22-14-8-6-13(7-9-14)18(20)21/h2-10H,1H3,(H,17,19)/t10-/m1/s1. The number of anilines is 1. The molecule has 0 aliphatic carbocycles. The van der Waals surface area contributed by atoms with Crippen molar-refractivity contribution in [3.63, 3.8) is 0 Å². The maximum Gasteiger partial charge on any atom is 0.269 e. The van der Waals surface area contributed by atoms with Gasteiger partial charge < -0.3 is 5.32 Å². The summed E-state index contributed by atoms with van der Waals surface area (Å²) in [6.45, 7) is 1.78. The molecule has 0 spiro atoms. The summed E-state index contributed by atoms with van der Waals surface area (Å²) in [6.07, 6.45) is 0. The first-order valence-electron chi connectivity index (χ1n) is 6.43. The Morgan fingerprint density at radius 3 is 2.32 bits per heavy atom. The van der Waals surface area contributed by atoms with Gasteiger partial charge in [-0.2, -0.15) is 0 Å². The fraction of sp³-hybridized carbons (Fsp3) is 0.133. The number of nitrogens with one attached hydrogen (secondary N) is 1. The van der Waals surface area contributed by atoms with Crippen LogP contribution in [0.25, 0.3) is 0 Å². The number of nitrogens with zero attached hydrogens (tertiary/aromatic N) is 1. The van der Waals surface area contributed by atoms with Crippen LogP contribution >= 0.6 is 23.4 Å². The van der Waals surface area contributed by atoms with Gasteiger partial charge in [0.05, 0.1) is 10.2 Å². The Morgan fingerprint density at radius 1 is 1.18 bits per heavy atom. The van der Waals surface area contributed by atoms with Gasteiger partial charge in [0, 0.05) is 27.7 Å². The lowest BCUT2D eigenvalue weighted by Gasteiger charge is -2.12. The molecule has 0 aromatic heterocycles. The predicted molar refractivity (Wildman–Crippen MR) is 88.5 cm³/mol. The van der Waals surface area contributed by atoms with Gasteiger partial charge in [-0.3, -0.25) is 14.9 Å². The molecule has 1 amide bonds. The second-order valence-electron chi connectivity index (χ2n) is 4.51. The van der Waals surface area contributed by atoms with Crippen LogP contribution < -0.4 is 5.32 Å². The highest BCUT2D eigenvalue weighted by Crippen LogP contribution is 2.26. The molecule has 0 aliphatic rings. The van der Waals surface area contributed by atoms with Gasteiger partial charge in [0.1, 0.15) is 0 Å². The van der Waals surface area contributed by atoms with E-state index in [-0.39, 0.29) is 16.8 Å². The average molecular weight is 337 g/mol. The Morgan fingerprint density at radius 2 is 1.77 bits per heavy atom. The zero-order valence-electron chi connectivity index (χ0n) is 11.7. The zero-order valence-corrected chi connectivity index (χ0v) is 13.2. The summed E-state index contributed by atoms with van der Waals surface area (Å²) in [5, 5.41) is 13.7. The average Bonchev–Trinajstić information content (AvgIpc) is 2.50. The number of benzene rings is 2. The molecule has 0 saturated heterocycles. The van der Waals surface area contributed by atoms with E-state index < -0.39 is 4.92 Å². The summed E-state index contributed by atoms with van der Waals surface area (Å²) >= 11 is 7.12. The number of rotatable bonds is 5. The van der Waals surface area contributed by atoms with Crippen LogP contribution in [-0.4, -0.2) is 16.1 Å². The van der Waals surface area contributed by atoms with Crippen molar-refractivity contribution in [3.8, 4) is 0 Å². The highest BCUT2D eigenvalue weighted by Gasteiger charge is 2.15. The van der Waals surface area contributed by atoms with Crippen molar-refractivity contribution in [1.82, 2.24) is 0 Å². The van der Waals surface area contributed by atoms with Crippen LogP contribution in [0, 0.1) is 10.1 Å². The number of hydrogen-bond donors (Lipinski definition) is 1. The number of halogens is 1. The van der Waals surface area contributed by atoms with Gasteiger partial charge in [-0.15, -0.1) is 11.8 Å². The molecule has 2 aromatic rings. The van der Waals surface area contributed by atoms with Gasteiger partial charge in [-0.05, 0) is 43.3 Å². The van der Waals surface area contributed by atoms with Crippen LogP contribution in [-0.2, 0) is 4.79 Å². The van der Waals surface area contributed by atoms with Crippen LogP contribution in [0.4, 0.5) is 11.4 Å². The first kappa shape index (κ1) is 16.3. The van der Waals surface area contributed by atoms with E-state index in [9.17, 15) is 14.9 Å². The van der Waals surface area contributed by atoms with E-state index in [1.807, 2.05) is 0 Å². The van der Waals surface area contributed by atoms with Crippen LogP contribution in [0.3, 0.4) is 0 Å². The lowest BCUT2D eigenvalue weighted by atomic mass is 10.3. The smallest absolute Gasteiger partial charge is 0.269 e. The van der Waals surface area contributed by atoms with E-state index >= 15 is 0 Å². The second-order valence-corrected chi connectivity index (χ2v) is 6.36. The molecule has 22 heavy (non-hydrogen) atoms. The van der Waals surface area contributed by atoms with Crippen LogP contribution in [0.2, 0.25) is 5.02 Å². The zero-order chi connectivity index (χ0) is 16.1. The van der Waals surface area contributed by atoms with E-state index in [1.165, 1.54) is 23.9 Å². The highest BCUT2D eigenvalue weighted by atomic mass is 35.5. The molecule has 0 radical (unpaired) electrons. The number of nitro benzene ring substituents is 1. The molecule has 0 unspecified atom stereocenters. The molecule has 1 N–H and O–H groups in total. The third-order valence-corrected chi connectivity index (χ3v) is 4.21. The fourth-order valence-electron chi connectivity index (χ4n) is 1.68. The number of nitro groups is 1. The lowest BCUT2D eigenvalue weighted by molar-refractivity contribution is -0.384. The maximum absolute atomic E-state index is 12.1. The van der Waals surface area contributed by atoms with Crippen molar-refractivity contribution in [1.29, 1.82) is 0 Å². The largest absolute Gasteiger partial charge is 0.325 e. The van der Waals surface area contributed by atoms with Crippen LogP contribution in [0.15, 0.2) is 53.4 Å². The lowest BCUT2D eigenvalue weighted by Crippen LogP contribution is -2.22. The number of carbonyl (C=O) groups excluding carboxylic acids is 1. The highest BCUT2D eigenvalue weighted by molar-refractivity contribution is 8.00. The van der Waals surface area contributed by atoms with E-state index in [1.54, 1.807) is 43.3 Å². The molecule has 1 atom stereocenters. The molecule has 0 aliphatic heterocycles. The monoisotopic (exact) mass is 336 g/mol. The first-order valence-corrected chi connectivity index (χ1v) is 7.69. The summed E-state index contributed by atoms with van der Waals surface area (Å²) in [5.41, 5.74) is 0.702. The van der Waals surface area contributed by atoms with Gasteiger partial charge in [0.25, 0.3) is 5.69 Å². The van der Waals surface area contributed by atoms with Crippen molar-refractivity contribution in [2.24, 2.45) is 0 Å². The first-order chi connectivity index (χ1) is 10.5. The molecule has 5 nitrogen and oxygen atoms in total. The quantitative estimate of drug-likeness (QED) is 0.500. The van der Waals surface area contributed by atoms with Crippen molar-refractivity contribution >= 4 is 40.6 Å². The molecular formula is C15H13ClN2O3S. The Labute approximate surface area is 136 Å². The summed E-state index contributed by atoms with van der Waals surface area (Å²) in [7, 11) is 0. The molecular weight excluding hydrogens is 324 g/mol. The van der Waals surface area contributed by atoms with Gasteiger partial charge in [-0.1, -0.05) is 11.6 Å². The fourth-order valence-corrected chi connectivity index (χ4v) is 2.67. The molecule has 0 saturated carbocycles. The van der Waals surface area contributed by atoms with Gasteiger partial charge in [0.15, 0.2) is 0 Å². The Balaban J connectivity index is 1.95. The number of hydrogen-bond acceptors (Lipinski definition) is 4. The topological polar surface area (TPSA) is 72.2 Å². The third kappa shape index (κ3) is 4.47. The minimum Gasteiger partial charge on any atom is -0.325 e. The maximum atomic E-state index is 12.1. The SMILES string of the molecule is C[C@@H](Sc1ccc([N+](=O)[O-])cc1)C(=O)Nc1ccc(Cl)cc1. The Hall–Kier alpha value is -2.05. The molecule has 7 heteroatoms. The number of carbonyl (C=O) groups is 1. The van der Waals surface area contributed by atoms with Crippen molar-refractivity contribution < 1.29 is 9.72 Å². The van der Waals surface area contributed by atoms with E-state index in [0.29, 0.717) is 10.7 Å². The van der Waals surface area contributed by atoms with Crippen molar-refractivity contribution in [3.05, 3.63) is 63.7 Å². The number of thioether (sulfide) groups is 1. The normalized spacial score (nSPS) is 11.7. The summed E-state index contributed by atoms with van der Waals surface area (Å²) in [4.78, 5) is 23.0. The van der Waals surface area contributed by atoms with Gasteiger partial charge in [0.2, 0.25) is 5.91 Å². The summed E-state index contributed by atoms with van der Waals surface area (Å²) < 4.78 is 0. The third-order valence-electron chi connectivity index (χ3n) is 2.84. The minimum atomic E-state index is -0.453. The predicted octanol–water partition coefficient (Wildman–Crippen LogP) is 4.37. The van der Waals surface area contributed by atoms with Gasteiger partial charge >= 0.3 is 0 Å². The number of amides is 1. The van der Waals surface area contributed by atoms with Crippen molar-refractivity contribution in [2.45, 2.75) is 17.1 Å². The van der Waals surface area contributed by atoms with Crippen molar-refractivity contribution in [2.75, 3.05) is 5.32 Å².